The number of rotatable bonds is 1. The van der Waals surface area contributed by atoms with Gasteiger partial charge >= 0.3 is 0 Å². The number of hydrogen-bond acceptors (Lipinski definition) is 4. The Kier molecular flexibility index (Phi) is 5.28. The zero-order chi connectivity index (χ0) is 6.69. The van der Waals surface area contributed by atoms with Gasteiger partial charge < -0.3 is 10.4 Å². The van der Waals surface area contributed by atoms with E-state index in [2.05, 4.69) is 23.3 Å². The normalized spacial score (nSPS) is 24.1. The lowest BCUT2D eigenvalue weighted by molar-refractivity contribution is 0.347. The molecule has 0 aromatic rings. The Labute approximate surface area is 82.7 Å². The molecule has 1 rings (SSSR count). The van der Waals surface area contributed by atoms with Crippen LogP contribution in [-0.2, 0) is 0 Å². The molecule has 0 saturated carbocycles. The Morgan fingerprint density at radius 2 is 2.50 bits per heavy atom. The van der Waals surface area contributed by atoms with Gasteiger partial charge in [-0.2, -0.15) is 12.6 Å². The van der Waals surface area contributed by atoms with E-state index < -0.39 is 0 Å². The second kappa shape index (κ2) is 5.09. The molecule has 0 saturated heterocycles. The van der Waals surface area contributed by atoms with Crippen molar-refractivity contribution in [3.05, 3.63) is 12.0 Å². The molecule has 60 valence electrons. The van der Waals surface area contributed by atoms with Gasteiger partial charge in [-0.1, -0.05) is 0 Å². The van der Waals surface area contributed by atoms with Crippen LogP contribution < -0.4 is 10.6 Å². The predicted octanol–water partition coefficient (Wildman–Crippen LogP) is 0.453. The molecular formula is C5H11IN2OS. The maximum atomic E-state index is 8.83. The van der Waals surface area contributed by atoms with Gasteiger partial charge in [0, 0.05) is 12.0 Å². The summed E-state index contributed by atoms with van der Waals surface area (Å²) in [5.41, 5.74) is 0. The average Bonchev–Trinajstić information content (AvgIpc) is 1.90. The Hall–Kier alpha value is 0.380. The summed E-state index contributed by atoms with van der Waals surface area (Å²) in [4.78, 5) is 0. The summed E-state index contributed by atoms with van der Waals surface area (Å²) in [5.74, 6) is 1.07. The molecule has 1 heterocycles. The molecule has 1 atom stereocenters. The largest absolute Gasteiger partial charge is 0.509 e. The molecule has 5 heteroatoms. The minimum absolute atomic E-state index is 0. The van der Waals surface area contributed by atoms with Crippen LogP contribution in [0.1, 0.15) is 0 Å². The summed E-state index contributed by atoms with van der Waals surface area (Å²) in [5, 5.41) is 14.8. The summed E-state index contributed by atoms with van der Waals surface area (Å²) in [6.45, 7) is 0.540. The Balaban J connectivity index is 0.000000810. The fraction of sp³-hybridized carbons (Fsp3) is 0.600. The van der Waals surface area contributed by atoms with Gasteiger partial charge in [-0.15, -0.1) is 24.0 Å². The Bertz CT molecular complexity index is 131. The topological polar surface area (TPSA) is 44.3 Å². The third-order valence-corrected chi connectivity index (χ3v) is 1.53. The van der Waals surface area contributed by atoms with Crippen LogP contribution in [0, 0.1) is 0 Å². The van der Waals surface area contributed by atoms with Crippen molar-refractivity contribution in [3.63, 3.8) is 0 Å². The third-order valence-electron chi connectivity index (χ3n) is 1.16. The van der Waals surface area contributed by atoms with E-state index >= 15 is 0 Å². The summed E-state index contributed by atoms with van der Waals surface area (Å²) in [6.07, 6.45) is 1.79. The van der Waals surface area contributed by atoms with E-state index in [1.165, 1.54) is 0 Å². The van der Waals surface area contributed by atoms with Crippen LogP contribution in [0.4, 0.5) is 0 Å². The number of nitrogens with one attached hydrogen (secondary N) is 2. The van der Waals surface area contributed by atoms with Gasteiger partial charge in [0.05, 0.1) is 12.7 Å². The highest BCUT2D eigenvalue weighted by Crippen LogP contribution is 1.93. The van der Waals surface area contributed by atoms with Gasteiger partial charge in [0.2, 0.25) is 0 Å². The molecule has 1 aliphatic rings. The van der Waals surface area contributed by atoms with Crippen molar-refractivity contribution in [1.29, 1.82) is 0 Å². The van der Waals surface area contributed by atoms with Crippen molar-refractivity contribution >= 4 is 36.6 Å². The average molecular weight is 274 g/mol. The Morgan fingerprint density at radius 3 is 2.90 bits per heavy atom. The van der Waals surface area contributed by atoms with Crippen LogP contribution in [0.2, 0.25) is 0 Å². The zero-order valence-corrected chi connectivity index (χ0v) is 8.60. The van der Waals surface area contributed by atoms with Gasteiger partial charge in [-0.3, -0.25) is 5.32 Å². The van der Waals surface area contributed by atoms with Crippen molar-refractivity contribution in [2.75, 3.05) is 12.3 Å². The second-order valence-electron chi connectivity index (χ2n) is 1.92. The monoisotopic (exact) mass is 274 g/mol. The van der Waals surface area contributed by atoms with Crippen molar-refractivity contribution < 1.29 is 5.11 Å². The van der Waals surface area contributed by atoms with Gasteiger partial charge in [0.25, 0.3) is 0 Å². The third kappa shape index (κ3) is 2.98. The second-order valence-corrected chi connectivity index (χ2v) is 2.28. The molecule has 0 aliphatic carbocycles. The molecule has 3 nitrogen and oxygen atoms in total. The van der Waals surface area contributed by atoms with Crippen LogP contribution in [-0.4, -0.2) is 23.6 Å². The number of halogens is 1. The van der Waals surface area contributed by atoms with E-state index in [1.807, 2.05) is 0 Å². The molecule has 0 fully saturated rings. The number of thiol groups is 1. The number of hydrogen-bond donors (Lipinski definition) is 4. The van der Waals surface area contributed by atoms with Crippen molar-refractivity contribution in [2.24, 2.45) is 0 Å². The van der Waals surface area contributed by atoms with E-state index in [0.717, 1.165) is 5.75 Å². The molecule has 0 aromatic carbocycles. The predicted molar refractivity (Wildman–Crippen MR) is 54.9 cm³/mol. The summed E-state index contributed by atoms with van der Waals surface area (Å²) < 4.78 is 0. The zero-order valence-electron chi connectivity index (χ0n) is 5.37. The van der Waals surface area contributed by atoms with Crippen molar-refractivity contribution in [1.82, 2.24) is 10.6 Å². The lowest BCUT2D eigenvalue weighted by atomic mass is 10.4. The van der Waals surface area contributed by atoms with Crippen LogP contribution in [0.3, 0.4) is 0 Å². The SMILES string of the molecule is I.OC1=CNC(CS)NC1. The first kappa shape index (κ1) is 10.4. The van der Waals surface area contributed by atoms with E-state index in [9.17, 15) is 0 Å². The fourth-order valence-electron chi connectivity index (χ4n) is 0.652. The van der Waals surface area contributed by atoms with Crippen LogP contribution in [0.15, 0.2) is 12.0 Å². The first-order valence-electron chi connectivity index (χ1n) is 2.81. The molecule has 1 unspecified atom stereocenters. The highest BCUT2D eigenvalue weighted by atomic mass is 127. The lowest BCUT2D eigenvalue weighted by Gasteiger charge is -2.21. The molecule has 0 bridgehead atoms. The molecule has 3 N–H and O–H groups in total. The van der Waals surface area contributed by atoms with Crippen LogP contribution >= 0.6 is 36.6 Å². The van der Waals surface area contributed by atoms with Gasteiger partial charge in [0.1, 0.15) is 5.76 Å². The van der Waals surface area contributed by atoms with Gasteiger partial charge in [-0.25, -0.2) is 0 Å². The summed E-state index contributed by atoms with van der Waals surface area (Å²) in [7, 11) is 0. The van der Waals surface area contributed by atoms with E-state index in [0.29, 0.717) is 12.3 Å². The smallest absolute Gasteiger partial charge is 0.122 e. The Morgan fingerprint density at radius 1 is 1.80 bits per heavy atom. The van der Waals surface area contributed by atoms with Crippen molar-refractivity contribution in [3.8, 4) is 0 Å². The molecule has 1 aliphatic heterocycles. The van der Waals surface area contributed by atoms with Crippen molar-refractivity contribution in [2.45, 2.75) is 6.17 Å². The fourth-order valence-corrected chi connectivity index (χ4v) is 0.886. The number of aliphatic hydroxyl groups excluding tert-OH is 1. The molecule has 0 spiro atoms. The molecule has 0 radical (unpaired) electrons. The molecule has 10 heavy (non-hydrogen) atoms. The number of aliphatic hydroxyl groups is 1. The molecule has 0 aromatic heterocycles. The highest BCUT2D eigenvalue weighted by molar-refractivity contribution is 14.0. The minimum Gasteiger partial charge on any atom is -0.509 e. The standard InChI is InChI=1S/C5H10N2OS.HI/c8-4-1-6-5(3-9)7-2-4;/h1,5-9H,2-3H2;1H. The quantitative estimate of drug-likeness (QED) is 0.415. The highest BCUT2D eigenvalue weighted by Gasteiger charge is 2.08. The lowest BCUT2D eigenvalue weighted by Crippen LogP contribution is -2.45. The maximum Gasteiger partial charge on any atom is 0.122 e. The minimum atomic E-state index is 0. The van der Waals surface area contributed by atoms with Gasteiger partial charge in [-0.05, 0) is 0 Å². The van der Waals surface area contributed by atoms with E-state index in [1.54, 1.807) is 6.20 Å². The summed E-state index contributed by atoms with van der Waals surface area (Å²) in [6, 6.07) is 0. The maximum absolute atomic E-state index is 8.83. The van der Waals surface area contributed by atoms with Crippen LogP contribution in [0.5, 0.6) is 0 Å². The van der Waals surface area contributed by atoms with Crippen LogP contribution in [0.25, 0.3) is 0 Å². The van der Waals surface area contributed by atoms with E-state index in [4.69, 9.17) is 5.11 Å². The van der Waals surface area contributed by atoms with Gasteiger partial charge in [0.15, 0.2) is 0 Å². The van der Waals surface area contributed by atoms with E-state index in [-0.39, 0.29) is 30.1 Å². The summed E-state index contributed by atoms with van der Waals surface area (Å²) >= 11 is 4.06. The first-order valence-corrected chi connectivity index (χ1v) is 3.44. The molecular weight excluding hydrogens is 263 g/mol. The molecule has 0 amide bonds. The first-order chi connectivity index (χ1) is 4.33.